The summed E-state index contributed by atoms with van der Waals surface area (Å²) < 4.78 is 10.7. The fourth-order valence-electron chi connectivity index (χ4n) is 2.48. The Labute approximate surface area is 184 Å². The number of nitro groups is 1. The number of non-ortho nitro benzene ring substituents is 1. The Morgan fingerprint density at radius 2 is 1.63 bits per heavy atom. The van der Waals surface area contributed by atoms with Crippen LogP contribution in [0.5, 0.6) is 0 Å². The molecule has 1 aromatic carbocycles. The summed E-state index contributed by atoms with van der Waals surface area (Å²) in [5.74, 6) is -1.81. The van der Waals surface area contributed by atoms with E-state index in [-0.39, 0.29) is 25.1 Å². The molecule has 0 aromatic heterocycles. The van der Waals surface area contributed by atoms with Gasteiger partial charge in [0.25, 0.3) is 11.6 Å². The number of hydrogen-bond acceptors (Lipinski definition) is 7. The lowest BCUT2D eigenvalue weighted by atomic mass is 10.0. The first kappa shape index (κ1) is 25.6. The number of ether oxygens (including phenoxy) is 2. The largest absolute Gasteiger partial charge is 0.463 e. The molecule has 0 saturated carbocycles. The quantitative estimate of drug-likeness (QED) is 0.217. The molecule has 0 radical (unpaired) electrons. The van der Waals surface area contributed by atoms with E-state index in [4.69, 9.17) is 32.7 Å². The van der Waals surface area contributed by atoms with E-state index in [0.717, 1.165) is 0 Å². The fraction of sp³-hybridized carbons (Fsp3) is 0.526. The fourth-order valence-corrected chi connectivity index (χ4v) is 2.61. The highest BCUT2D eigenvalue weighted by Gasteiger charge is 2.31. The standard InChI is InChI=1S/C19H24Cl2N2O7/c1-3-5-15(24)29-11-14(22-19(26)18(20)21)17(30-16(25)6-4-2)12-7-9-13(10-8-12)23(27)28/h7-10,14,17-18H,3-6,11H2,1-2H3,(H,22,26)/t14-,17-/m1/s1. The van der Waals surface area contributed by atoms with Crippen molar-refractivity contribution in [1.29, 1.82) is 0 Å². The first-order valence-electron chi connectivity index (χ1n) is 9.37. The first-order valence-corrected chi connectivity index (χ1v) is 10.2. The average Bonchev–Trinajstić information content (AvgIpc) is 2.69. The molecule has 1 rings (SSSR count). The summed E-state index contributed by atoms with van der Waals surface area (Å²) >= 11 is 11.2. The van der Waals surface area contributed by atoms with Crippen LogP contribution >= 0.6 is 23.2 Å². The summed E-state index contributed by atoms with van der Waals surface area (Å²) in [5, 5.41) is 13.4. The van der Waals surface area contributed by atoms with E-state index in [2.05, 4.69) is 5.32 Å². The normalized spacial score (nSPS) is 12.7. The molecule has 9 nitrogen and oxygen atoms in total. The van der Waals surface area contributed by atoms with Gasteiger partial charge in [0.1, 0.15) is 12.6 Å². The minimum Gasteiger partial charge on any atom is -0.463 e. The minimum atomic E-state index is -1.40. The maximum atomic E-state index is 12.2. The predicted octanol–water partition coefficient (Wildman–Crippen LogP) is 3.61. The molecule has 0 spiro atoms. The van der Waals surface area contributed by atoms with Crippen LogP contribution in [0.1, 0.15) is 51.2 Å². The molecule has 166 valence electrons. The maximum absolute atomic E-state index is 12.2. The van der Waals surface area contributed by atoms with Crippen LogP contribution < -0.4 is 5.32 Å². The van der Waals surface area contributed by atoms with E-state index in [1.165, 1.54) is 24.3 Å². The van der Waals surface area contributed by atoms with Crippen molar-refractivity contribution < 1.29 is 28.8 Å². The average molecular weight is 463 g/mol. The molecule has 1 aromatic rings. The van der Waals surface area contributed by atoms with Gasteiger partial charge in [-0.15, -0.1) is 0 Å². The van der Waals surface area contributed by atoms with Gasteiger partial charge in [-0.25, -0.2) is 0 Å². The highest BCUT2D eigenvalue weighted by atomic mass is 35.5. The lowest BCUT2D eigenvalue weighted by Crippen LogP contribution is -2.46. The molecule has 2 atom stereocenters. The van der Waals surface area contributed by atoms with Crippen LogP contribution in [-0.4, -0.2) is 40.3 Å². The number of nitrogens with zero attached hydrogens (tertiary/aromatic N) is 1. The monoisotopic (exact) mass is 462 g/mol. The molecule has 30 heavy (non-hydrogen) atoms. The highest BCUT2D eigenvalue weighted by Crippen LogP contribution is 2.26. The van der Waals surface area contributed by atoms with Crippen molar-refractivity contribution in [2.75, 3.05) is 6.61 Å². The summed E-state index contributed by atoms with van der Waals surface area (Å²) in [6, 6.07) is 4.26. The third-order valence-electron chi connectivity index (χ3n) is 3.91. The third-order valence-corrected chi connectivity index (χ3v) is 4.31. The molecule has 0 aliphatic rings. The van der Waals surface area contributed by atoms with Crippen LogP contribution in [0, 0.1) is 10.1 Å². The van der Waals surface area contributed by atoms with Crippen molar-refractivity contribution in [1.82, 2.24) is 5.32 Å². The second-order valence-corrected chi connectivity index (χ2v) is 7.45. The highest BCUT2D eigenvalue weighted by molar-refractivity contribution is 6.53. The summed E-state index contributed by atoms with van der Waals surface area (Å²) in [6.45, 7) is 3.28. The van der Waals surface area contributed by atoms with E-state index in [1.54, 1.807) is 13.8 Å². The molecule has 1 amide bonds. The first-order chi connectivity index (χ1) is 14.2. The lowest BCUT2D eigenvalue weighted by Gasteiger charge is -2.28. The Morgan fingerprint density at radius 1 is 1.07 bits per heavy atom. The summed E-state index contributed by atoms with van der Waals surface area (Å²) in [5.41, 5.74) is 0.205. The number of amides is 1. The van der Waals surface area contributed by atoms with Gasteiger partial charge in [0.15, 0.2) is 10.9 Å². The Bertz CT molecular complexity index is 741. The molecule has 0 fully saturated rings. The number of esters is 2. The Balaban J connectivity index is 3.22. The van der Waals surface area contributed by atoms with Crippen molar-refractivity contribution in [3.05, 3.63) is 39.9 Å². The van der Waals surface area contributed by atoms with Gasteiger partial charge in [0.05, 0.1) is 4.92 Å². The third kappa shape index (κ3) is 8.54. The van der Waals surface area contributed by atoms with Crippen molar-refractivity contribution in [2.24, 2.45) is 0 Å². The van der Waals surface area contributed by atoms with Gasteiger partial charge in [-0.3, -0.25) is 24.5 Å². The molecule has 0 bridgehead atoms. The van der Waals surface area contributed by atoms with Crippen molar-refractivity contribution >= 4 is 46.7 Å². The van der Waals surface area contributed by atoms with Crippen molar-refractivity contribution in [2.45, 2.75) is 56.5 Å². The molecule has 1 N–H and O–H groups in total. The maximum Gasteiger partial charge on any atom is 0.306 e. The van der Waals surface area contributed by atoms with Crippen LogP contribution in [0.25, 0.3) is 0 Å². The number of rotatable bonds is 12. The molecular formula is C19H24Cl2N2O7. The van der Waals surface area contributed by atoms with Crippen LogP contribution in [0.15, 0.2) is 24.3 Å². The Hall–Kier alpha value is -2.39. The van der Waals surface area contributed by atoms with E-state index < -0.39 is 39.8 Å². The molecule has 11 heteroatoms. The van der Waals surface area contributed by atoms with Crippen molar-refractivity contribution in [3.63, 3.8) is 0 Å². The van der Waals surface area contributed by atoms with Gasteiger partial charge in [-0.2, -0.15) is 0 Å². The van der Waals surface area contributed by atoms with Crippen LogP contribution in [0.2, 0.25) is 0 Å². The van der Waals surface area contributed by atoms with Gasteiger partial charge >= 0.3 is 11.9 Å². The van der Waals surface area contributed by atoms with E-state index in [0.29, 0.717) is 18.4 Å². The van der Waals surface area contributed by atoms with E-state index in [1.807, 2.05) is 0 Å². The van der Waals surface area contributed by atoms with Gasteiger partial charge in [-0.1, -0.05) is 37.0 Å². The molecule has 0 aliphatic carbocycles. The smallest absolute Gasteiger partial charge is 0.306 e. The molecule has 0 unspecified atom stereocenters. The SMILES string of the molecule is CCCC(=O)OC[C@@H](NC(=O)C(Cl)Cl)[C@H](OC(=O)CCC)c1ccc([N+](=O)[O-])cc1. The van der Waals surface area contributed by atoms with Gasteiger partial charge in [-0.05, 0) is 30.5 Å². The second kappa shape index (κ2) is 13.0. The second-order valence-electron chi connectivity index (χ2n) is 6.36. The predicted molar refractivity (Wildman–Crippen MR) is 110 cm³/mol. The van der Waals surface area contributed by atoms with E-state index >= 15 is 0 Å². The van der Waals surface area contributed by atoms with Crippen LogP contribution in [0.4, 0.5) is 5.69 Å². The zero-order valence-corrected chi connectivity index (χ0v) is 18.1. The summed E-state index contributed by atoms with van der Waals surface area (Å²) in [6.07, 6.45) is 0.299. The Morgan fingerprint density at radius 3 is 2.13 bits per heavy atom. The zero-order valence-electron chi connectivity index (χ0n) is 16.6. The number of benzene rings is 1. The number of nitrogens with one attached hydrogen (secondary N) is 1. The lowest BCUT2D eigenvalue weighted by molar-refractivity contribution is -0.384. The molecule has 0 heterocycles. The number of alkyl halides is 2. The van der Waals surface area contributed by atoms with Crippen LogP contribution in [-0.2, 0) is 23.9 Å². The van der Waals surface area contributed by atoms with E-state index in [9.17, 15) is 24.5 Å². The molecule has 0 saturated heterocycles. The zero-order chi connectivity index (χ0) is 22.7. The number of carbonyl (C=O) groups excluding carboxylic acids is 3. The topological polar surface area (TPSA) is 125 Å². The number of hydrogen-bond donors (Lipinski definition) is 1. The molecular weight excluding hydrogens is 439 g/mol. The van der Waals surface area contributed by atoms with Gasteiger partial charge in [0.2, 0.25) is 0 Å². The van der Waals surface area contributed by atoms with Gasteiger partial charge in [0, 0.05) is 25.0 Å². The summed E-state index contributed by atoms with van der Waals surface area (Å²) in [4.78, 5) is 45.0. The number of halogens is 2. The Kier molecular flexibility index (Phi) is 11.1. The number of carbonyl (C=O) groups is 3. The minimum absolute atomic E-state index is 0.118. The van der Waals surface area contributed by atoms with Gasteiger partial charge < -0.3 is 14.8 Å². The molecule has 0 aliphatic heterocycles. The summed E-state index contributed by atoms with van der Waals surface area (Å²) in [7, 11) is 0. The van der Waals surface area contributed by atoms with Crippen LogP contribution in [0.3, 0.4) is 0 Å². The number of nitro benzene ring substituents is 1. The van der Waals surface area contributed by atoms with Crippen molar-refractivity contribution in [3.8, 4) is 0 Å².